The Morgan fingerprint density at radius 1 is 1.24 bits per heavy atom. The number of benzene rings is 1. The van der Waals surface area contributed by atoms with Crippen molar-refractivity contribution in [2.45, 2.75) is 18.9 Å². The Labute approximate surface area is 107 Å². The van der Waals surface area contributed by atoms with E-state index in [9.17, 15) is 0 Å². The molecule has 1 aromatic rings. The van der Waals surface area contributed by atoms with Crippen LogP contribution in [-0.4, -0.2) is 32.3 Å². The van der Waals surface area contributed by atoms with Crippen LogP contribution in [0, 0.1) is 0 Å². The van der Waals surface area contributed by atoms with Gasteiger partial charge in [0.1, 0.15) is 5.75 Å². The van der Waals surface area contributed by atoms with Crippen LogP contribution in [0.1, 0.15) is 12.8 Å². The molecule has 17 heavy (non-hydrogen) atoms. The van der Waals surface area contributed by atoms with Crippen LogP contribution in [0.4, 0.5) is 0 Å². The number of halogens is 1. The van der Waals surface area contributed by atoms with Crippen molar-refractivity contribution in [2.24, 2.45) is 0 Å². The Balaban J connectivity index is 1.60. The Morgan fingerprint density at radius 2 is 2.06 bits per heavy atom. The quantitative estimate of drug-likeness (QED) is 0.790. The van der Waals surface area contributed by atoms with Gasteiger partial charge < -0.3 is 15.4 Å². The van der Waals surface area contributed by atoms with Crippen LogP contribution in [0.15, 0.2) is 24.3 Å². The molecular formula is C13H19ClN2O. The lowest BCUT2D eigenvalue weighted by Crippen LogP contribution is -2.48. The third-order valence-corrected chi connectivity index (χ3v) is 3.16. The summed E-state index contributed by atoms with van der Waals surface area (Å²) in [5.41, 5.74) is 0. The number of hydrogen-bond donors (Lipinski definition) is 2. The molecule has 1 heterocycles. The molecule has 0 spiro atoms. The van der Waals surface area contributed by atoms with Gasteiger partial charge in [0.05, 0.1) is 6.61 Å². The molecule has 94 valence electrons. The molecule has 0 bridgehead atoms. The topological polar surface area (TPSA) is 33.3 Å². The second-order valence-electron chi connectivity index (χ2n) is 4.30. The summed E-state index contributed by atoms with van der Waals surface area (Å²) in [4.78, 5) is 0. The first-order chi connectivity index (χ1) is 8.34. The summed E-state index contributed by atoms with van der Waals surface area (Å²) in [7, 11) is 0. The van der Waals surface area contributed by atoms with E-state index in [2.05, 4.69) is 10.6 Å². The Hall–Kier alpha value is -0.770. The maximum Gasteiger partial charge on any atom is 0.119 e. The summed E-state index contributed by atoms with van der Waals surface area (Å²) in [6, 6.07) is 8.11. The van der Waals surface area contributed by atoms with Crippen LogP contribution in [-0.2, 0) is 0 Å². The minimum Gasteiger partial charge on any atom is -0.494 e. The van der Waals surface area contributed by atoms with E-state index in [0.717, 1.165) is 49.9 Å². The molecule has 1 fully saturated rings. The Kier molecular flexibility index (Phi) is 5.10. The molecule has 0 amide bonds. The number of hydrogen-bond acceptors (Lipinski definition) is 3. The number of rotatable bonds is 5. The normalized spacial score (nSPS) is 20.2. The van der Waals surface area contributed by atoms with E-state index in [1.165, 1.54) is 0 Å². The molecule has 1 aromatic carbocycles. The number of ether oxygens (including phenoxy) is 1. The summed E-state index contributed by atoms with van der Waals surface area (Å²) in [5, 5.41) is 7.62. The zero-order valence-corrected chi connectivity index (χ0v) is 10.7. The van der Waals surface area contributed by atoms with Crippen LogP contribution < -0.4 is 15.4 Å². The maximum atomic E-state index is 5.80. The highest BCUT2D eigenvalue weighted by Crippen LogP contribution is 2.15. The first kappa shape index (κ1) is 12.7. The van der Waals surface area contributed by atoms with Gasteiger partial charge in [-0.1, -0.05) is 11.6 Å². The second kappa shape index (κ2) is 6.84. The van der Waals surface area contributed by atoms with E-state index in [1.807, 2.05) is 24.3 Å². The number of nitrogens with one attached hydrogen (secondary N) is 2. The fourth-order valence-electron chi connectivity index (χ4n) is 1.97. The van der Waals surface area contributed by atoms with Crippen molar-refractivity contribution in [3.05, 3.63) is 29.3 Å². The lowest BCUT2D eigenvalue weighted by molar-refractivity contribution is 0.288. The van der Waals surface area contributed by atoms with Crippen molar-refractivity contribution in [2.75, 3.05) is 26.2 Å². The van der Waals surface area contributed by atoms with Gasteiger partial charge in [0.2, 0.25) is 0 Å². The Morgan fingerprint density at radius 3 is 2.76 bits per heavy atom. The van der Waals surface area contributed by atoms with Gasteiger partial charge >= 0.3 is 0 Å². The highest BCUT2D eigenvalue weighted by molar-refractivity contribution is 6.30. The van der Waals surface area contributed by atoms with E-state index in [-0.39, 0.29) is 0 Å². The molecule has 3 nitrogen and oxygen atoms in total. The maximum absolute atomic E-state index is 5.80. The third kappa shape index (κ3) is 4.54. The molecule has 2 N–H and O–H groups in total. The molecule has 0 aromatic heterocycles. The molecule has 1 saturated heterocycles. The van der Waals surface area contributed by atoms with Gasteiger partial charge in [-0.25, -0.2) is 0 Å². The van der Waals surface area contributed by atoms with Gasteiger partial charge in [-0.3, -0.25) is 0 Å². The summed E-state index contributed by atoms with van der Waals surface area (Å²) in [6.07, 6.45) is 2.22. The predicted molar refractivity (Wildman–Crippen MR) is 70.8 cm³/mol. The summed E-state index contributed by atoms with van der Waals surface area (Å²) >= 11 is 5.80. The molecule has 4 heteroatoms. The molecule has 1 aliphatic heterocycles. The zero-order chi connectivity index (χ0) is 11.9. The van der Waals surface area contributed by atoms with Crippen molar-refractivity contribution in [1.29, 1.82) is 0 Å². The van der Waals surface area contributed by atoms with E-state index >= 15 is 0 Å². The molecule has 0 radical (unpaired) electrons. The van der Waals surface area contributed by atoms with Gasteiger partial charge in [-0.05, 0) is 37.1 Å². The molecule has 2 rings (SSSR count). The van der Waals surface area contributed by atoms with Gasteiger partial charge in [-0.15, -0.1) is 0 Å². The van der Waals surface area contributed by atoms with Crippen molar-refractivity contribution < 1.29 is 4.74 Å². The first-order valence-corrected chi connectivity index (χ1v) is 6.55. The van der Waals surface area contributed by atoms with Gasteiger partial charge in [0.15, 0.2) is 0 Å². The van der Waals surface area contributed by atoms with Crippen molar-refractivity contribution in [3.8, 4) is 5.75 Å². The smallest absolute Gasteiger partial charge is 0.119 e. The largest absolute Gasteiger partial charge is 0.494 e. The zero-order valence-electron chi connectivity index (χ0n) is 9.92. The fourth-order valence-corrected chi connectivity index (χ4v) is 2.09. The molecule has 0 saturated carbocycles. The van der Waals surface area contributed by atoms with Crippen LogP contribution >= 0.6 is 11.6 Å². The van der Waals surface area contributed by atoms with E-state index in [4.69, 9.17) is 16.3 Å². The fraction of sp³-hybridized carbons (Fsp3) is 0.538. The van der Waals surface area contributed by atoms with Gasteiger partial charge in [0, 0.05) is 30.7 Å². The second-order valence-corrected chi connectivity index (χ2v) is 4.74. The number of piperazine rings is 1. The molecular weight excluding hydrogens is 236 g/mol. The summed E-state index contributed by atoms with van der Waals surface area (Å²) in [5.74, 6) is 0.893. The van der Waals surface area contributed by atoms with Crippen molar-refractivity contribution >= 4 is 11.6 Å². The first-order valence-electron chi connectivity index (χ1n) is 6.17. The molecule has 1 unspecified atom stereocenters. The SMILES string of the molecule is Clc1ccc(OCCCC2CNCCN2)cc1. The molecule has 0 aliphatic carbocycles. The van der Waals surface area contributed by atoms with Crippen LogP contribution in [0.25, 0.3) is 0 Å². The lowest BCUT2D eigenvalue weighted by Gasteiger charge is -2.24. The van der Waals surface area contributed by atoms with Crippen LogP contribution in [0.2, 0.25) is 5.02 Å². The van der Waals surface area contributed by atoms with Crippen LogP contribution in [0.3, 0.4) is 0 Å². The standard InChI is InChI=1S/C13H19ClN2O/c14-11-3-5-13(6-4-11)17-9-1-2-12-10-15-7-8-16-12/h3-6,12,15-16H,1-2,7-10H2. The van der Waals surface area contributed by atoms with Crippen molar-refractivity contribution in [1.82, 2.24) is 10.6 Å². The van der Waals surface area contributed by atoms with Crippen molar-refractivity contribution in [3.63, 3.8) is 0 Å². The lowest BCUT2D eigenvalue weighted by atomic mass is 10.1. The van der Waals surface area contributed by atoms with Gasteiger partial charge in [0.25, 0.3) is 0 Å². The van der Waals surface area contributed by atoms with E-state index < -0.39 is 0 Å². The highest BCUT2D eigenvalue weighted by Gasteiger charge is 2.10. The van der Waals surface area contributed by atoms with Crippen LogP contribution in [0.5, 0.6) is 5.75 Å². The minimum absolute atomic E-state index is 0.595. The summed E-state index contributed by atoms with van der Waals surface area (Å²) in [6.45, 7) is 3.99. The molecule has 1 atom stereocenters. The highest BCUT2D eigenvalue weighted by atomic mass is 35.5. The average Bonchev–Trinajstić information content (AvgIpc) is 2.38. The summed E-state index contributed by atoms with van der Waals surface area (Å²) < 4.78 is 5.65. The molecule has 1 aliphatic rings. The monoisotopic (exact) mass is 254 g/mol. The minimum atomic E-state index is 0.595. The third-order valence-electron chi connectivity index (χ3n) is 2.90. The average molecular weight is 255 g/mol. The van der Waals surface area contributed by atoms with E-state index in [1.54, 1.807) is 0 Å². The Bertz CT molecular complexity index is 323. The predicted octanol–water partition coefficient (Wildman–Crippen LogP) is 2.06. The van der Waals surface area contributed by atoms with Gasteiger partial charge in [-0.2, -0.15) is 0 Å². The van der Waals surface area contributed by atoms with E-state index in [0.29, 0.717) is 6.04 Å².